The lowest BCUT2D eigenvalue weighted by molar-refractivity contribution is -0.147. The van der Waals surface area contributed by atoms with E-state index in [9.17, 15) is 14.5 Å². The number of carbonyl (C=O) groups is 2. The standard InChI is InChI=1S/C16H19Br2NO5/c1-15(2,17)13(20)23-8-10-6-5-7-11(12(10)19-22)9-24-14(21)16(3,4)18/h5-7H,8-9H2,1-4H3. The lowest BCUT2D eigenvalue weighted by atomic mass is 10.1. The van der Waals surface area contributed by atoms with Gasteiger partial charge in [-0.2, -0.15) is 0 Å². The summed E-state index contributed by atoms with van der Waals surface area (Å²) in [6, 6.07) is 4.94. The van der Waals surface area contributed by atoms with Gasteiger partial charge >= 0.3 is 11.9 Å². The van der Waals surface area contributed by atoms with Crippen LogP contribution in [0.3, 0.4) is 0 Å². The van der Waals surface area contributed by atoms with Gasteiger partial charge in [0.1, 0.15) is 27.5 Å². The van der Waals surface area contributed by atoms with Gasteiger partial charge in [0.25, 0.3) is 0 Å². The van der Waals surface area contributed by atoms with Gasteiger partial charge in [-0.05, 0) is 32.9 Å². The van der Waals surface area contributed by atoms with E-state index in [4.69, 9.17) is 9.47 Å². The van der Waals surface area contributed by atoms with Crippen LogP contribution >= 0.6 is 31.9 Å². The van der Waals surface area contributed by atoms with Crippen LogP contribution in [0.4, 0.5) is 5.69 Å². The van der Waals surface area contributed by atoms with Gasteiger partial charge in [-0.1, -0.05) is 50.1 Å². The van der Waals surface area contributed by atoms with Crippen molar-refractivity contribution in [2.24, 2.45) is 5.18 Å². The molecule has 0 amide bonds. The molecule has 0 heterocycles. The average Bonchev–Trinajstić information content (AvgIpc) is 2.47. The Kier molecular flexibility index (Phi) is 7.10. The van der Waals surface area contributed by atoms with E-state index in [1.807, 2.05) is 0 Å². The predicted octanol–water partition coefficient (Wildman–Crippen LogP) is 4.52. The van der Waals surface area contributed by atoms with Crippen molar-refractivity contribution in [3.63, 3.8) is 0 Å². The van der Waals surface area contributed by atoms with Gasteiger partial charge in [-0.25, -0.2) is 0 Å². The van der Waals surface area contributed by atoms with E-state index in [1.165, 1.54) is 0 Å². The summed E-state index contributed by atoms with van der Waals surface area (Å²) in [7, 11) is 0. The molecule has 24 heavy (non-hydrogen) atoms. The summed E-state index contributed by atoms with van der Waals surface area (Å²) >= 11 is 6.41. The van der Waals surface area contributed by atoms with Crippen molar-refractivity contribution in [2.75, 3.05) is 0 Å². The van der Waals surface area contributed by atoms with Gasteiger partial charge in [-0.15, -0.1) is 4.91 Å². The van der Waals surface area contributed by atoms with E-state index in [-0.39, 0.29) is 18.9 Å². The quantitative estimate of drug-likeness (QED) is 0.336. The molecule has 0 radical (unpaired) electrons. The molecule has 0 unspecified atom stereocenters. The molecule has 1 aromatic carbocycles. The second-order valence-corrected chi connectivity index (χ2v) is 10.1. The summed E-state index contributed by atoms with van der Waals surface area (Å²) in [6.07, 6.45) is 0. The van der Waals surface area contributed by atoms with E-state index in [0.29, 0.717) is 11.1 Å². The minimum absolute atomic E-state index is 0.0966. The first-order valence-electron chi connectivity index (χ1n) is 7.13. The zero-order valence-corrected chi connectivity index (χ0v) is 17.1. The number of carbonyl (C=O) groups excluding carboxylic acids is 2. The van der Waals surface area contributed by atoms with Gasteiger partial charge in [-0.3, -0.25) is 9.59 Å². The summed E-state index contributed by atoms with van der Waals surface area (Å²) in [5.74, 6) is -0.922. The fourth-order valence-corrected chi connectivity index (χ4v) is 1.85. The molecule has 0 spiro atoms. The molecule has 0 aromatic heterocycles. The van der Waals surface area contributed by atoms with Crippen molar-refractivity contribution < 1.29 is 19.1 Å². The number of nitrogens with zero attached hydrogens (tertiary/aromatic N) is 1. The first-order valence-corrected chi connectivity index (χ1v) is 8.72. The fraction of sp³-hybridized carbons (Fsp3) is 0.500. The van der Waals surface area contributed by atoms with Gasteiger partial charge in [0.15, 0.2) is 0 Å². The predicted molar refractivity (Wildman–Crippen MR) is 97.5 cm³/mol. The molecule has 132 valence electrons. The Morgan fingerprint density at radius 3 is 1.62 bits per heavy atom. The van der Waals surface area contributed by atoms with E-state index in [0.717, 1.165) is 0 Å². The Morgan fingerprint density at radius 1 is 0.958 bits per heavy atom. The Balaban J connectivity index is 2.88. The van der Waals surface area contributed by atoms with Crippen molar-refractivity contribution in [1.29, 1.82) is 0 Å². The van der Waals surface area contributed by atoms with Gasteiger partial charge in [0.05, 0.1) is 0 Å². The van der Waals surface area contributed by atoms with E-state index < -0.39 is 20.6 Å². The molecule has 1 aromatic rings. The van der Waals surface area contributed by atoms with Crippen molar-refractivity contribution in [1.82, 2.24) is 0 Å². The monoisotopic (exact) mass is 463 g/mol. The molecule has 8 heteroatoms. The van der Waals surface area contributed by atoms with Gasteiger partial charge in [0, 0.05) is 11.1 Å². The fourth-order valence-electron chi connectivity index (χ4n) is 1.62. The third-order valence-corrected chi connectivity index (χ3v) is 3.63. The number of hydrogen-bond donors (Lipinski definition) is 0. The molecule has 0 N–H and O–H groups in total. The normalized spacial score (nSPS) is 11.8. The van der Waals surface area contributed by atoms with Crippen molar-refractivity contribution in [3.05, 3.63) is 34.2 Å². The first-order chi connectivity index (χ1) is 11.0. The summed E-state index contributed by atoms with van der Waals surface area (Å²) in [6.45, 7) is 6.44. The van der Waals surface area contributed by atoms with Crippen LogP contribution in [0.1, 0.15) is 38.8 Å². The van der Waals surface area contributed by atoms with E-state index in [2.05, 4.69) is 37.0 Å². The lowest BCUT2D eigenvalue weighted by Gasteiger charge is -2.17. The number of rotatable bonds is 7. The molecule has 0 fully saturated rings. The Morgan fingerprint density at radius 2 is 1.33 bits per heavy atom. The molecule has 0 aliphatic rings. The maximum absolute atomic E-state index is 11.8. The maximum atomic E-state index is 11.8. The highest BCUT2D eigenvalue weighted by Gasteiger charge is 2.27. The number of ether oxygens (including phenoxy) is 2. The van der Waals surface area contributed by atoms with Crippen molar-refractivity contribution in [2.45, 2.75) is 49.6 Å². The Bertz CT molecular complexity index is 584. The number of hydrogen-bond acceptors (Lipinski definition) is 6. The number of benzene rings is 1. The SMILES string of the molecule is CC(C)(Br)C(=O)OCc1cccc(COC(=O)C(C)(C)Br)c1N=O. The average molecular weight is 465 g/mol. The lowest BCUT2D eigenvalue weighted by Crippen LogP contribution is -2.26. The summed E-state index contributed by atoms with van der Waals surface area (Å²) in [5, 5.41) is 2.99. The topological polar surface area (TPSA) is 82.0 Å². The smallest absolute Gasteiger partial charge is 0.322 e. The van der Waals surface area contributed by atoms with Crippen LogP contribution in [0, 0.1) is 4.91 Å². The van der Waals surface area contributed by atoms with Crippen molar-refractivity contribution in [3.8, 4) is 0 Å². The highest BCUT2D eigenvalue weighted by atomic mass is 79.9. The third kappa shape index (κ3) is 5.98. The number of esters is 2. The molecule has 0 saturated carbocycles. The van der Waals surface area contributed by atoms with Crippen LogP contribution in [0.25, 0.3) is 0 Å². The largest absolute Gasteiger partial charge is 0.460 e. The second-order valence-electron chi connectivity index (χ2n) is 6.11. The molecule has 0 aliphatic heterocycles. The summed E-state index contributed by atoms with van der Waals surface area (Å²) in [5.41, 5.74) is 1.00. The molecule has 0 saturated heterocycles. The second kappa shape index (κ2) is 8.20. The molecule has 0 aliphatic carbocycles. The molecule has 0 atom stereocenters. The maximum Gasteiger partial charge on any atom is 0.322 e. The Hall–Kier alpha value is -1.28. The van der Waals surface area contributed by atoms with Crippen LogP contribution < -0.4 is 0 Å². The number of alkyl halides is 2. The van der Waals surface area contributed by atoms with Crippen LogP contribution in [0.2, 0.25) is 0 Å². The van der Waals surface area contributed by atoms with Crippen LogP contribution in [0.15, 0.2) is 23.4 Å². The highest BCUT2D eigenvalue weighted by Crippen LogP contribution is 2.28. The van der Waals surface area contributed by atoms with Gasteiger partial charge < -0.3 is 9.47 Å². The zero-order valence-electron chi connectivity index (χ0n) is 13.9. The first kappa shape index (κ1) is 20.8. The Labute approximate surface area is 157 Å². The number of halogens is 2. The van der Waals surface area contributed by atoms with E-state index in [1.54, 1.807) is 45.9 Å². The van der Waals surface area contributed by atoms with Crippen LogP contribution in [-0.2, 0) is 32.3 Å². The highest BCUT2D eigenvalue weighted by molar-refractivity contribution is 9.10. The van der Waals surface area contributed by atoms with Gasteiger partial charge in [0.2, 0.25) is 0 Å². The summed E-state index contributed by atoms with van der Waals surface area (Å²) < 4.78 is 8.69. The van der Waals surface area contributed by atoms with Crippen LogP contribution in [-0.4, -0.2) is 20.6 Å². The molecule has 1 rings (SSSR count). The number of nitroso groups, excluding NO2 is 1. The van der Waals surface area contributed by atoms with Crippen molar-refractivity contribution >= 4 is 49.5 Å². The zero-order chi connectivity index (χ0) is 18.5. The molecular weight excluding hydrogens is 446 g/mol. The molecular formula is C16H19Br2NO5. The minimum atomic E-state index is -0.823. The summed E-state index contributed by atoms with van der Waals surface area (Å²) in [4.78, 5) is 34.8. The van der Waals surface area contributed by atoms with Crippen LogP contribution in [0.5, 0.6) is 0 Å². The van der Waals surface area contributed by atoms with E-state index >= 15 is 0 Å². The molecule has 6 nitrogen and oxygen atoms in total. The third-order valence-electron chi connectivity index (χ3n) is 2.98. The minimum Gasteiger partial charge on any atom is -0.460 e. The molecule has 0 bridgehead atoms.